The third kappa shape index (κ3) is 4.22. The molecule has 3 rings (SSSR count). The molecule has 0 amide bonds. The molecule has 3 aromatic carbocycles. The van der Waals surface area contributed by atoms with Gasteiger partial charge < -0.3 is 18.9 Å². The van der Waals surface area contributed by atoms with Crippen molar-refractivity contribution in [1.29, 1.82) is 0 Å². The lowest BCUT2D eigenvalue weighted by Crippen LogP contribution is -2.09. The van der Waals surface area contributed by atoms with E-state index in [-0.39, 0.29) is 5.92 Å². The number of ether oxygens (including phenoxy) is 4. The monoisotopic (exact) mass is 378 g/mol. The predicted octanol–water partition coefficient (Wildman–Crippen LogP) is 5.10. The Labute approximate surface area is 166 Å². The fraction of sp³-hybridized carbons (Fsp3) is 0.250. The fourth-order valence-corrected chi connectivity index (χ4v) is 3.45. The minimum atomic E-state index is 0.0606. The highest BCUT2D eigenvalue weighted by molar-refractivity contribution is 5.55. The largest absolute Gasteiger partial charge is 0.497 e. The van der Waals surface area contributed by atoms with Gasteiger partial charge in [0.1, 0.15) is 23.0 Å². The van der Waals surface area contributed by atoms with E-state index < -0.39 is 0 Å². The lowest BCUT2D eigenvalue weighted by molar-refractivity contribution is 0.366. The standard InChI is InChI=1S/C24H26O4/c1-25-19-12-10-17(11-13-19)14-21(18-8-6-5-7-9-18)24-22(27-3)15-20(26-2)16-23(24)28-4/h5-13,15-16,21H,14H2,1-4H3. The van der Waals surface area contributed by atoms with E-state index >= 15 is 0 Å². The summed E-state index contributed by atoms with van der Waals surface area (Å²) in [6.07, 6.45) is 0.799. The molecule has 0 saturated heterocycles. The van der Waals surface area contributed by atoms with Crippen molar-refractivity contribution < 1.29 is 18.9 Å². The quantitative estimate of drug-likeness (QED) is 0.547. The second-order valence-corrected chi connectivity index (χ2v) is 6.46. The third-order valence-corrected chi connectivity index (χ3v) is 4.90. The molecule has 0 saturated carbocycles. The Kier molecular flexibility index (Phi) is 6.43. The van der Waals surface area contributed by atoms with Crippen molar-refractivity contribution in [2.45, 2.75) is 12.3 Å². The van der Waals surface area contributed by atoms with Gasteiger partial charge in [0, 0.05) is 23.6 Å². The van der Waals surface area contributed by atoms with Crippen LogP contribution in [0.5, 0.6) is 23.0 Å². The van der Waals surface area contributed by atoms with Crippen molar-refractivity contribution >= 4 is 0 Å². The number of rotatable bonds is 8. The molecule has 0 aliphatic carbocycles. The molecule has 28 heavy (non-hydrogen) atoms. The Morgan fingerprint density at radius 2 is 1.21 bits per heavy atom. The molecule has 0 radical (unpaired) electrons. The maximum absolute atomic E-state index is 5.73. The van der Waals surface area contributed by atoms with Gasteiger partial charge in [-0.15, -0.1) is 0 Å². The summed E-state index contributed by atoms with van der Waals surface area (Å²) in [4.78, 5) is 0. The van der Waals surface area contributed by atoms with E-state index in [0.29, 0.717) is 5.75 Å². The molecule has 1 unspecified atom stereocenters. The van der Waals surface area contributed by atoms with Crippen LogP contribution in [0, 0.1) is 0 Å². The number of hydrogen-bond acceptors (Lipinski definition) is 4. The van der Waals surface area contributed by atoms with Gasteiger partial charge in [0.25, 0.3) is 0 Å². The number of methoxy groups -OCH3 is 4. The zero-order chi connectivity index (χ0) is 19.9. The molecule has 0 heterocycles. The normalized spacial score (nSPS) is 11.6. The summed E-state index contributed by atoms with van der Waals surface area (Å²) < 4.78 is 22.2. The Morgan fingerprint density at radius 1 is 0.643 bits per heavy atom. The summed E-state index contributed by atoms with van der Waals surface area (Å²) in [6, 6.07) is 22.4. The van der Waals surface area contributed by atoms with E-state index in [2.05, 4.69) is 36.4 Å². The number of benzene rings is 3. The molecular weight excluding hydrogens is 352 g/mol. The summed E-state index contributed by atoms with van der Waals surface area (Å²) in [5.41, 5.74) is 3.41. The van der Waals surface area contributed by atoms with E-state index in [1.165, 1.54) is 11.1 Å². The van der Waals surface area contributed by atoms with Crippen molar-refractivity contribution in [3.8, 4) is 23.0 Å². The second-order valence-electron chi connectivity index (χ2n) is 6.46. The summed E-state index contributed by atoms with van der Waals surface area (Å²) >= 11 is 0. The third-order valence-electron chi connectivity index (χ3n) is 4.90. The Balaban J connectivity index is 2.11. The molecule has 0 aliphatic rings. The smallest absolute Gasteiger partial charge is 0.130 e. The van der Waals surface area contributed by atoms with Gasteiger partial charge in [-0.3, -0.25) is 0 Å². The van der Waals surface area contributed by atoms with Crippen LogP contribution in [0.25, 0.3) is 0 Å². The second kappa shape index (κ2) is 9.18. The molecule has 0 aromatic heterocycles. The molecule has 0 fully saturated rings. The van der Waals surface area contributed by atoms with Gasteiger partial charge in [-0.1, -0.05) is 42.5 Å². The van der Waals surface area contributed by atoms with Crippen LogP contribution in [0.1, 0.15) is 22.6 Å². The topological polar surface area (TPSA) is 36.9 Å². The van der Waals surface area contributed by atoms with Crippen molar-refractivity contribution in [1.82, 2.24) is 0 Å². The highest BCUT2D eigenvalue weighted by Gasteiger charge is 2.24. The lowest BCUT2D eigenvalue weighted by atomic mass is 9.84. The van der Waals surface area contributed by atoms with Gasteiger partial charge in [0.2, 0.25) is 0 Å². The zero-order valence-corrected chi connectivity index (χ0v) is 16.8. The summed E-state index contributed by atoms with van der Waals surface area (Å²) in [7, 11) is 6.66. The van der Waals surface area contributed by atoms with E-state index in [0.717, 1.165) is 29.2 Å². The van der Waals surface area contributed by atoms with Gasteiger partial charge in [0.05, 0.1) is 28.4 Å². The average Bonchev–Trinajstić information content (AvgIpc) is 2.77. The van der Waals surface area contributed by atoms with Crippen LogP contribution in [-0.4, -0.2) is 28.4 Å². The molecule has 0 spiro atoms. The van der Waals surface area contributed by atoms with Crippen LogP contribution in [0.2, 0.25) is 0 Å². The van der Waals surface area contributed by atoms with Crippen LogP contribution in [0.15, 0.2) is 66.7 Å². The molecular formula is C24H26O4. The van der Waals surface area contributed by atoms with Gasteiger partial charge in [0.15, 0.2) is 0 Å². The van der Waals surface area contributed by atoms with E-state index in [9.17, 15) is 0 Å². The van der Waals surface area contributed by atoms with Gasteiger partial charge in [-0.05, 0) is 29.7 Å². The first kappa shape index (κ1) is 19.6. The molecule has 0 N–H and O–H groups in total. The minimum Gasteiger partial charge on any atom is -0.497 e. The van der Waals surface area contributed by atoms with Crippen molar-refractivity contribution in [2.24, 2.45) is 0 Å². The highest BCUT2D eigenvalue weighted by atomic mass is 16.5. The van der Waals surface area contributed by atoms with Crippen LogP contribution in [-0.2, 0) is 6.42 Å². The molecule has 3 aromatic rings. The van der Waals surface area contributed by atoms with Crippen LogP contribution >= 0.6 is 0 Å². The predicted molar refractivity (Wildman–Crippen MR) is 111 cm³/mol. The maximum Gasteiger partial charge on any atom is 0.130 e. The van der Waals surface area contributed by atoms with Gasteiger partial charge >= 0.3 is 0 Å². The van der Waals surface area contributed by atoms with Gasteiger partial charge in [-0.2, -0.15) is 0 Å². The van der Waals surface area contributed by atoms with E-state index in [1.54, 1.807) is 28.4 Å². The molecule has 1 atom stereocenters. The fourth-order valence-electron chi connectivity index (χ4n) is 3.45. The van der Waals surface area contributed by atoms with E-state index in [4.69, 9.17) is 18.9 Å². The zero-order valence-electron chi connectivity index (χ0n) is 16.8. The van der Waals surface area contributed by atoms with Crippen molar-refractivity contribution in [3.05, 3.63) is 83.4 Å². The lowest BCUT2D eigenvalue weighted by Gasteiger charge is -2.24. The van der Waals surface area contributed by atoms with Crippen LogP contribution in [0.3, 0.4) is 0 Å². The average molecular weight is 378 g/mol. The first-order valence-electron chi connectivity index (χ1n) is 9.18. The van der Waals surface area contributed by atoms with Crippen LogP contribution < -0.4 is 18.9 Å². The molecule has 4 heteroatoms. The summed E-state index contributed by atoms with van der Waals surface area (Å²) in [5.74, 6) is 3.11. The highest BCUT2D eigenvalue weighted by Crippen LogP contribution is 2.43. The maximum atomic E-state index is 5.73. The van der Waals surface area contributed by atoms with Crippen LogP contribution in [0.4, 0.5) is 0 Å². The summed E-state index contributed by atoms with van der Waals surface area (Å²) in [5, 5.41) is 0. The van der Waals surface area contributed by atoms with Crippen molar-refractivity contribution in [2.75, 3.05) is 28.4 Å². The Hall–Kier alpha value is -3.14. The number of hydrogen-bond donors (Lipinski definition) is 0. The SMILES string of the molecule is COc1ccc(CC(c2ccccc2)c2c(OC)cc(OC)cc2OC)cc1. The summed E-state index contributed by atoms with van der Waals surface area (Å²) in [6.45, 7) is 0. The molecule has 0 bridgehead atoms. The molecule has 146 valence electrons. The first-order chi connectivity index (χ1) is 13.7. The van der Waals surface area contributed by atoms with Gasteiger partial charge in [-0.25, -0.2) is 0 Å². The molecule has 0 aliphatic heterocycles. The minimum absolute atomic E-state index is 0.0606. The molecule has 4 nitrogen and oxygen atoms in total. The van der Waals surface area contributed by atoms with E-state index in [1.807, 2.05) is 30.3 Å². The van der Waals surface area contributed by atoms with Crippen molar-refractivity contribution in [3.63, 3.8) is 0 Å². The Bertz CT molecular complexity index is 863. The Morgan fingerprint density at radius 3 is 1.71 bits per heavy atom. The first-order valence-corrected chi connectivity index (χ1v) is 9.18.